The standard InChI is InChI=1S/C22H20BrClFNO/c23-19-9-10-22(27-15-17-6-1-3-7-20(17)24)18(13-19)14-26-12-11-16-5-2-4-8-21(16)25/h1-10,13,26H,11-12,14-15H2. The number of hydrogen-bond donors (Lipinski definition) is 1. The van der Waals surface area contributed by atoms with Crippen LogP contribution in [0.2, 0.25) is 5.02 Å². The van der Waals surface area contributed by atoms with Crippen molar-refractivity contribution >= 4 is 27.5 Å². The second-order valence-electron chi connectivity index (χ2n) is 6.15. The maximum atomic E-state index is 13.7. The summed E-state index contributed by atoms with van der Waals surface area (Å²) < 4.78 is 20.7. The van der Waals surface area contributed by atoms with Crippen LogP contribution in [0.4, 0.5) is 4.39 Å². The zero-order chi connectivity index (χ0) is 19.1. The van der Waals surface area contributed by atoms with Crippen molar-refractivity contribution < 1.29 is 9.13 Å². The molecule has 0 radical (unpaired) electrons. The number of rotatable bonds is 8. The molecule has 0 aliphatic heterocycles. The van der Waals surface area contributed by atoms with E-state index in [-0.39, 0.29) is 5.82 Å². The summed E-state index contributed by atoms with van der Waals surface area (Å²) in [4.78, 5) is 0. The first-order valence-electron chi connectivity index (χ1n) is 8.72. The van der Waals surface area contributed by atoms with Crippen molar-refractivity contribution in [3.8, 4) is 5.75 Å². The molecule has 0 amide bonds. The van der Waals surface area contributed by atoms with Crippen LogP contribution in [0, 0.1) is 5.82 Å². The van der Waals surface area contributed by atoms with Gasteiger partial charge in [-0.1, -0.05) is 63.9 Å². The Morgan fingerprint density at radius 2 is 1.67 bits per heavy atom. The first-order valence-corrected chi connectivity index (χ1v) is 9.89. The van der Waals surface area contributed by atoms with Crippen molar-refractivity contribution in [1.29, 1.82) is 0 Å². The van der Waals surface area contributed by atoms with Crippen LogP contribution in [0.3, 0.4) is 0 Å². The molecule has 27 heavy (non-hydrogen) atoms. The van der Waals surface area contributed by atoms with Gasteiger partial charge in [0.15, 0.2) is 0 Å². The molecule has 0 fully saturated rings. The lowest BCUT2D eigenvalue weighted by atomic mass is 10.1. The molecule has 3 rings (SSSR count). The Bertz CT molecular complexity index is 903. The van der Waals surface area contributed by atoms with E-state index in [0.717, 1.165) is 26.9 Å². The van der Waals surface area contributed by atoms with Gasteiger partial charge in [0.1, 0.15) is 18.2 Å². The molecule has 0 spiro atoms. The molecule has 0 saturated carbocycles. The van der Waals surface area contributed by atoms with Gasteiger partial charge in [0.25, 0.3) is 0 Å². The fraction of sp³-hybridized carbons (Fsp3) is 0.182. The predicted octanol–water partition coefficient (Wildman–Crippen LogP) is 6.15. The quantitative estimate of drug-likeness (QED) is 0.417. The summed E-state index contributed by atoms with van der Waals surface area (Å²) in [5.74, 6) is 0.641. The highest BCUT2D eigenvalue weighted by Gasteiger charge is 2.07. The summed E-state index contributed by atoms with van der Waals surface area (Å²) in [5.41, 5.74) is 2.69. The summed E-state index contributed by atoms with van der Waals surface area (Å²) in [7, 11) is 0. The number of nitrogens with one attached hydrogen (secondary N) is 1. The Hall–Kier alpha value is -1.88. The van der Waals surface area contributed by atoms with Crippen LogP contribution in [0.25, 0.3) is 0 Å². The zero-order valence-electron chi connectivity index (χ0n) is 14.7. The van der Waals surface area contributed by atoms with Gasteiger partial charge in [-0.05, 0) is 48.9 Å². The lowest BCUT2D eigenvalue weighted by molar-refractivity contribution is 0.302. The van der Waals surface area contributed by atoms with Gasteiger partial charge < -0.3 is 10.1 Å². The average molecular weight is 449 g/mol. The first-order chi connectivity index (χ1) is 13.1. The summed E-state index contributed by atoms with van der Waals surface area (Å²) in [6.45, 7) is 1.71. The molecule has 0 unspecified atom stereocenters. The second kappa shape index (κ2) is 9.88. The Labute approximate surface area is 172 Å². The van der Waals surface area contributed by atoms with Gasteiger partial charge in [-0.25, -0.2) is 4.39 Å². The lowest BCUT2D eigenvalue weighted by Gasteiger charge is -2.14. The molecular formula is C22H20BrClFNO. The minimum absolute atomic E-state index is 0.162. The van der Waals surface area contributed by atoms with Gasteiger partial charge in [0.2, 0.25) is 0 Å². The molecule has 140 valence electrons. The van der Waals surface area contributed by atoms with Gasteiger partial charge in [0, 0.05) is 27.2 Å². The molecule has 3 aromatic rings. The van der Waals surface area contributed by atoms with Crippen molar-refractivity contribution in [2.75, 3.05) is 6.54 Å². The van der Waals surface area contributed by atoms with E-state index in [1.807, 2.05) is 54.6 Å². The fourth-order valence-electron chi connectivity index (χ4n) is 2.75. The molecular weight excluding hydrogens is 429 g/mol. The third kappa shape index (κ3) is 5.80. The van der Waals surface area contributed by atoms with Gasteiger partial charge in [-0.2, -0.15) is 0 Å². The van der Waals surface area contributed by atoms with E-state index in [4.69, 9.17) is 16.3 Å². The van der Waals surface area contributed by atoms with E-state index in [0.29, 0.717) is 31.1 Å². The summed E-state index contributed by atoms with van der Waals surface area (Å²) in [6, 6.07) is 20.4. The van der Waals surface area contributed by atoms with E-state index < -0.39 is 0 Å². The third-order valence-corrected chi connectivity index (χ3v) is 5.07. The fourth-order valence-corrected chi connectivity index (χ4v) is 3.34. The number of halogens is 3. The number of benzene rings is 3. The third-order valence-electron chi connectivity index (χ3n) is 4.21. The second-order valence-corrected chi connectivity index (χ2v) is 7.47. The van der Waals surface area contributed by atoms with E-state index in [2.05, 4.69) is 21.2 Å². The summed E-state index contributed by atoms with van der Waals surface area (Å²) in [6.07, 6.45) is 0.635. The highest BCUT2D eigenvalue weighted by Crippen LogP contribution is 2.25. The van der Waals surface area contributed by atoms with Gasteiger partial charge in [0.05, 0.1) is 0 Å². The highest BCUT2D eigenvalue weighted by molar-refractivity contribution is 9.10. The Balaban J connectivity index is 1.59. The molecule has 3 aromatic carbocycles. The summed E-state index contributed by atoms with van der Waals surface area (Å²) >= 11 is 9.70. The Morgan fingerprint density at radius 1 is 0.926 bits per heavy atom. The average Bonchev–Trinajstić information content (AvgIpc) is 2.67. The molecule has 0 heterocycles. The zero-order valence-corrected chi connectivity index (χ0v) is 17.1. The molecule has 0 saturated heterocycles. The van der Waals surface area contributed by atoms with E-state index in [1.165, 1.54) is 6.07 Å². The van der Waals surface area contributed by atoms with E-state index >= 15 is 0 Å². The maximum Gasteiger partial charge on any atom is 0.126 e. The lowest BCUT2D eigenvalue weighted by Crippen LogP contribution is -2.17. The number of ether oxygens (including phenoxy) is 1. The van der Waals surface area contributed by atoms with Crippen molar-refractivity contribution in [3.63, 3.8) is 0 Å². The molecule has 0 bridgehead atoms. The van der Waals surface area contributed by atoms with Crippen LogP contribution in [-0.2, 0) is 19.6 Å². The Kier molecular flexibility index (Phi) is 7.27. The summed E-state index contributed by atoms with van der Waals surface area (Å²) in [5, 5.41) is 4.05. The smallest absolute Gasteiger partial charge is 0.126 e. The van der Waals surface area contributed by atoms with Crippen LogP contribution in [-0.4, -0.2) is 6.54 Å². The van der Waals surface area contributed by atoms with Gasteiger partial charge >= 0.3 is 0 Å². The normalized spacial score (nSPS) is 10.8. The molecule has 0 aliphatic carbocycles. The SMILES string of the molecule is Fc1ccccc1CCNCc1cc(Br)ccc1OCc1ccccc1Cl. The molecule has 0 atom stereocenters. The Morgan fingerprint density at radius 3 is 2.44 bits per heavy atom. The van der Waals surface area contributed by atoms with Crippen molar-refractivity contribution in [2.24, 2.45) is 0 Å². The van der Waals surface area contributed by atoms with Crippen LogP contribution in [0.15, 0.2) is 71.2 Å². The molecule has 0 aliphatic rings. The molecule has 0 aromatic heterocycles. The maximum absolute atomic E-state index is 13.7. The minimum Gasteiger partial charge on any atom is -0.489 e. The van der Waals surface area contributed by atoms with Crippen LogP contribution >= 0.6 is 27.5 Å². The molecule has 1 N–H and O–H groups in total. The van der Waals surface area contributed by atoms with Crippen molar-refractivity contribution in [1.82, 2.24) is 5.32 Å². The van der Waals surface area contributed by atoms with Crippen LogP contribution < -0.4 is 10.1 Å². The van der Waals surface area contributed by atoms with Gasteiger partial charge in [-0.15, -0.1) is 0 Å². The highest BCUT2D eigenvalue weighted by atomic mass is 79.9. The monoisotopic (exact) mass is 447 g/mol. The minimum atomic E-state index is -0.162. The van der Waals surface area contributed by atoms with Crippen molar-refractivity contribution in [2.45, 2.75) is 19.6 Å². The first kappa shape index (κ1) is 19.9. The van der Waals surface area contributed by atoms with Gasteiger partial charge in [-0.3, -0.25) is 0 Å². The van der Waals surface area contributed by atoms with E-state index in [9.17, 15) is 4.39 Å². The largest absolute Gasteiger partial charge is 0.489 e. The van der Waals surface area contributed by atoms with Crippen LogP contribution in [0.1, 0.15) is 16.7 Å². The topological polar surface area (TPSA) is 21.3 Å². The van der Waals surface area contributed by atoms with E-state index in [1.54, 1.807) is 6.07 Å². The molecule has 5 heteroatoms. The van der Waals surface area contributed by atoms with Crippen LogP contribution in [0.5, 0.6) is 5.75 Å². The molecule has 2 nitrogen and oxygen atoms in total. The van der Waals surface area contributed by atoms with Crippen molar-refractivity contribution in [3.05, 3.63) is 98.7 Å². The predicted molar refractivity (Wildman–Crippen MR) is 112 cm³/mol. The number of hydrogen-bond acceptors (Lipinski definition) is 2.